The van der Waals surface area contributed by atoms with E-state index < -0.39 is 10.0 Å². The van der Waals surface area contributed by atoms with Crippen LogP contribution in [0.5, 0.6) is 0 Å². The highest BCUT2D eigenvalue weighted by Crippen LogP contribution is 2.28. The molecule has 0 N–H and O–H groups in total. The number of anilines is 1. The number of hydrogen-bond donors (Lipinski definition) is 0. The first kappa shape index (κ1) is 20.6. The Balaban J connectivity index is 1.57. The molecule has 2 aromatic carbocycles. The van der Waals surface area contributed by atoms with Gasteiger partial charge < -0.3 is 9.42 Å². The van der Waals surface area contributed by atoms with Crippen molar-refractivity contribution in [3.8, 4) is 11.4 Å². The summed E-state index contributed by atoms with van der Waals surface area (Å²) in [5, 5.41) is 3.91. The smallest absolute Gasteiger partial charge is 0.243 e. The molecule has 0 radical (unpaired) electrons. The summed E-state index contributed by atoms with van der Waals surface area (Å²) in [4.78, 5) is 6.77. The highest BCUT2D eigenvalue weighted by atomic mass is 32.2. The molecule has 1 aliphatic heterocycles. The van der Waals surface area contributed by atoms with Crippen molar-refractivity contribution in [3.05, 3.63) is 59.0 Å². The second-order valence-electron chi connectivity index (χ2n) is 7.80. The zero-order valence-corrected chi connectivity index (χ0v) is 18.5. The van der Waals surface area contributed by atoms with Gasteiger partial charge in [-0.2, -0.15) is 9.29 Å². The molecule has 2 heterocycles. The van der Waals surface area contributed by atoms with Gasteiger partial charge >= 0.3 is 0 Å². The molecule has 1 aromatic heterocycles. The summed E-state index contributed by atoms with van der Waals surface area (Å²) in [5.41, 5.74) is 4.92. The lowest BCUT2D eigenvalue weighted by atomic mass is 10.1. The molecule has 0 bridgehead atoms. The van der Waals surface area contributed by atoms with Crippen molar-refractivity contribution in [1.82, 2.24) is 14.4 Å². The van der Waals surface area contributed by atoms with Crippen LogP contribution in [0.1, 0.15) is 22.6 Å². The van der Waals surface area contributed by atoms with Crippen LogP contribution in [-0.4, -0.2) is 49.0 Å². The summed E-state index contributed by atoms with van der Waals surface area (Å²) in [5.74, 6) is 0.834. The van der Waals surface area contributed by atoms with E-state index in [-0.39, 0.29) is 0 Å². The summed E-state index contributed by atoms with van der Waals surface area (Å²) >= 11 is 0. The van der Waals surface area contributed by atoms with E-state index in [1.807, 2.05) is 13.0 Å². The maximum absolute atomic E-state index is 13.4. The Kier molecular flexibility index (Phi) is 5.38. The van der Waals surface area contributed by atoms with Gasteiger partial charge in [0, 0.05) is 44.4 Å². The first-order valence-corrected chi connectivity index (χ1v) is 11.4. The minimum absolute atomic E-state index is 0.294. The van der Waals surface area contributed by atoms with Gasteiger partial charge in [0.2, 0.25) is 21.7 Å². The standard InChI is InChI=1S/C22H26N4O3S/c1-15-5-6-16(2)20(13-15)25-9-11-26(12-10-25)30(27,28)21-14-19(8-7-17(21)3)22-23-18(4)29-24-22/h5-8,13-14H,9-12H2,1-4H3. The lowest BCUT2D eigenvalue weighted by Gasteiger charge is -2.36. The number of benzene rings is 2. The third-order valence-electron chi connectivity index (χ3n) is 5.54. The average molecular weight is 427 g/mol. The van der Waals surface area contributed by atoms with Crippen molar-refractivity contribution in [1.29, 1.82) is 0 Å². The Morgan fingerprint density at radius 3 is 2.27 bits per heavy atom. The number of aryl methyl sites for hydroxylation is 4. The molecular formula is C22H26N4O3S. The molecule has 0 atom stereocenters. The summed E-state index contributed by atoms with van der Waals surface area (Å²) in [6, 6.07) is 11.6. The number of aromatic nitrogens is 2. The number of nitrogens with zero attached hydrogens (tertiary/aromatic N) is 4. The molecule has 1 aliphatic rings. The molecule has 1 fully saturated rings. The molecular weight excluding hydrogens is 400 g/mol. The van der Waals surface area contributed by atoms with Crippen molar-refractivity contribution in [3.63, 3.8) is 0 Å². The van der Waals surface area contributed by atoms with Crippen LogP contribution in [0.4, 0.5) is 5.69 Å². The minimum atomic E-state index is -3.62. The Morgan fingerprint density at radius 2 is 1.60 bits per heavy atom. The Labute approximate surface area is 177 Å². The van der Waals surface area contributed by atoms with E-state index in [9.17, 15) is 8.42 Å². The van der Waals surface area contributed by atoms with Gasteiger partial charge in [-0.25, -0.2) is 8.42 Å². The van der Waals surface area contributed by atoms with Crippen molar-refractivity contribution in [2.24, 2.45) is 0 Å². The second-order valence-corrected chi connectivity index (χ2v) is 9.70. The van der Waals surface area contributed by atoms with E-state index >= 15 is 0 Å². The molecule has 30 heavy (non-hydrogen) atoms. The predicted molar refractivity (Wildman–Crippen MR) is 116 cm³/mol. The summed E-state index contributed by atoms with van der Waals surface area (Å²) in [6.45, 7) is 9.89. The third kappa shape index (κ3) is 3.85. The van der Waals surface area contributed by atoms with E-state index in [4.69, 9.17) is 4.52 Å². The topological polar surface area (TPSA) is 79.5 Å². The van der Waals surface area contributed by atoms with Crippen LogP contribution in [0.25, 0.3) is 11.4 Å². The molecule has 158 valence electrons. The summed E-state index contributed by atoms with van der Waals surface area (Å²) < 4.78 is 33.4. The van der Waals surface area contributed by atoms with E-state index in [0.717, 1.165) is 0 Å². The quantitative estimate of drug-likeness (QED) is 0.635. The van der Waals surface area contributed by atoms with Crippen molar-refractivity contribution >= 4 is 15.7 Å². The molecule has 0 spiro atoms. The molecule has 0 amide bonds. The monoisotopic (exact) mass is 426 g/mol. The van der Waals surface area contributed by atoms with E-state index in [2.05, 4.69) is 47.1 Å². The fraction of sp³-hybridized carbons (Fsp3) is 0.364. The third-order valence-corrected chi connectivity index (χ3v) is 7.58. The maximum Gasteiger partial charge on any atom is 0.243 e. The van der Waals surface area contributed by atoms with Crippen LogP contribution in [-0.2, 0) is 10.0 Å². The summed E-state index contributed by atoms with van der Waals surface area (Å²) in [7, 11) is -3.62. The normalized spacial score (nSPS) is 15.5. The van der Waals surface area contributed by atoms with E-state index in [1.165, 1.54) is 16.8 Å². The largest absolute Gasteiger partial charge is 0.369 e. The number of sulfonamides is 1. The van der Waals surface area contributed by atoms with Gasteiger partial charge in [0.25, 0.3) is 0 Å². The highest BCUT2D eigenvalue weighted by Gasteiger charge is 2.30. The Morgan fingerprint density at radius 1 is 0.900 bits per heavy atom. The maximum atomic E-state index is 13.4. The van der Waals surface area contributed by atoms with Gasteiger partial charge in [-0.05, 0) is 49.6 Å². The van der Waals surface area contributed by atoms with Crippen LogP contribution in [0.2, 0.25) is 0 Å². The Hall–Kier alpha value is -2.71. The van der Waals surface area contributed by atoms with Crippen molar-refractivity contribution in [2.45, 2.75) is 32.6 Å². The fourth-order valence-corrected chi connectivity index (χ4v) is 5.48. The Bertz CT molecular complexity index is 1180. The molecule has 7 nitrogen and oxygen atoms in total. The number of piperazine rings is 1. The second kappa shape index (κ2) is 7.85. The molecule has 0 unspecified atom stereocenters. The average Bonchev–Trinajstić information content (AvgIpc) is 3.16. The molecule has 0 aliphatic carbocycles. The lowest BCUT2D eigenvalue weighted by molar-refractivity contribution is 0.384. The SMILES string of the molecule is Cc1ccc(C)c(N2CCN(S(=O)(=O)c3cc(-c4noc(C)n4)ccc3C)CC2)c1. The van der Waals surface area contributed by atoms with Crippen LogP contribution >= 0.6 is 0 Å². The molecule has 8 heteroatoms. The zero-order valence-electron chi connectivity index (χ0n) is 17.7. The lowest BCUT2D eigenvalue weighted by Crippen LogP contribution is -2.49. The van der Waals surface area contributed by atoms with Crippen LogP contribution in [0.3, 0.4) is 0 Å². The van der Waals surface area contributed by atoms with Crippen LogP contribution in [0, 0.1) is 27.7 Å². The van der Waals surface area contributed by atoms with Crippen molar-refractivity contribution in [2.75, 3.05) is 31.1 Å². The van der Waals surface area contributed by atoms with E-state index in [1.54, 1.807) is 23.4 Å². The van der Waals surface area contributed by atoms with Crippen molar-refractivity contribution < 1.29 is 12.9 Å². The number of hydrogen-bond acceptors (Lipinski definition) is 6. The molecule has 0 saturated carbocycles. The first-order valence-electron chi connectivity index (χ1n) is 9.99. The predicted octanol–water partition coefficient (Wildman–Crippen LogP) is 3.48. The summed E-state index contributed by atoms with van der Waals surface area (Å²) in [6.07, 6.45) is 0. The first-order chi connectivity index (χ1) is 14.3. The zero-order chi connectivity index (χ0) is 21.5. The van der Waals surface area contributed by atoms with Gasteiger partial charge in [0.1, 0.15) is 0 Å². The van der Waals surface area contributed by atoms with Gasteiger partial charge in [0.05, 0.1) is 4.90 Å². The molecule has 4 rings (SSSR count). The van der Waals surface area contributed by atoms with Gasteiger partial charge in [-0.15, -0.1) is 0 Å². The van der Waals surface area contributed by atoms with Gasteiger partial charge in [-0.3, -0.25) is 0 Å². The van der Waals surface area contributed by atoms with Gasteiger partial charge in [0.15, 0.2) is 0 Å². The van der Waals surface area contributed by atoms with Crippen LogP contribution in [0.15, 0.2) is 45.8 Å². The van der Waals surface area contributed by atoms with E-state index in [0.29, 0.717) is 53.9 Å². The minimum Gasteiger partial charge on any atom is -0.369 e. The van der Waals surface area contributed by atoms with Crippen LogP contribution < -0.4 is 4.90 Å². The van der Waals surface area contributed by atoms with Gasteiger partial charge in [-0.1, -0.05) is 29.4 Å². The highest BCUT2D eigenvalue weighted by molar-refractivity contribution is 7.89. The molecule has 1 saturated heterocycles. The fourth-order valence-electron chi connectivity index (χ4n) is 3.80. The number of rotatable bonds is 4. The molecule has 3 aromatic rings.